The summed E-state index contributed by atoms with van der Waals surface area (Å²) in [5.74, 6) is 2.90. The number of ether oxygens (including phenoxy) is 2. The molecule has 0 radical (unpaired) electrons. The van der Waals surface area contributed by atoms with E-state index in [1.54, 1.807) is 6.08 Å². The van der Waals surface area contributed by atoms with Gasteiger partial charge in [0, 0.05) is 11.1 Å². The zero-order chi connectivity index (χ0) is 22.4. The van der Waals surface area contributed by atoms with E-state index in [2.05, 4.69) is 12.1 Å². The van der Waals surface area contributed by atoms with Gasteiger partial charge < -0.3 is 14.6 Å². The van der Waals surface area contributed by atoms with Gasteiger partial charge in [0.15, 0.2) is 0 Å². The Morgan fingerprint density at radius 3 is 1.83 bits per heavy atom. The minimum Gasteiger partial charge on any atom is -0.508 e. The summed E-state index contributed by atoms with van der Waals surface area (Å²) in [6.07, 6.45) is 5.99. The summed E-state index contributed by atoms with van der Waals surface area (Å²) in [7, 11) is 0. The van der Waals surface area contributed by atoms with Crippen LogP contribution >= 0.6 is 0 Å². The molecule has 0 amide bonds. The van der Waals surface area contributed by atoms with Gasteiger partial charge in [-0.2, -0.15) is 0 Å². The van der Waals surface area contributed by atoms with Gasteiger partial charge in [-0.3, -0.25) is 0 Å². The summed E-state index contributed by atoms with van der Waals surface area (Å²) in [5.41, 5.74) is 3.23. The van der Waals surface area contributed by atoms with Gasteiger partial charge in [-0.15, -0.1) is 0 Å². The minimum absolute atomic E-state index is 0.308. The fourth-order valence-electron chi connectivity index (χ4n) is 2.91. The molecule has 1 aliphatic carbocycles. The molecule has 0 heterocycles. The summed E-state index contributed by atoms with van der Waals surface area (Å²) in [6, 6.07) is 15.7. The second-order valence-electron chi connectivity index (χ2n) is 6.37. The van der Waals surface area contributed by atoms with Crippen LogP contribution in [0.15, 0.2) is 60.2 Å². The highest BCUT2D eigenvalue weighted by atomic mass is 16.5. The maximum atomic E-state index is 9.98. The largest absolute Gasteiger partial charge is 0.508 e. The van der Waals surface area contributed by atoms with Crippen molar-refractivity contribution >= 4 is 11.5 Å². The topological polar surface area (TPSA) is 38.7 Å². The van der Waals surface area contributed by atoms with Crippen molar-refractivity contribution in [3.8, 4) is 11.5 Å². The molecule has 0 spiro atoms. The average Bonchev–Trinajstić information content (AvgIpc) is 2.76. The van der Waals surface area contributed by atoms with E-state index in [4.69, 9.17) is 9.47 Å². The lowest BCUT2D eigenvalue weighted by Gasteiger charge is -2.22. The predicted octanol–water partition coefficient (Wildman–Crippen LogP) is 8.42. The van der Waals surface area contributed by atoms with E-state index in [9.17, 15) is 5.11 Å². The maximum Gasteiger partial charge on any atom is 0.133 e. The molecule has 0 atom stereocenters. The lowest BCUT2D eigenvalue weighted by atomic mass is 9.89. The first-order chi connectivity index (χ1) is 14.7. The van der Waals surface area contributed by atoms with E-state index in [1.807, 2.05) is 77.9 Å². The quantitative estimate of drug-likeness (QED) is 0.465. The van der Waals surface area contributed by atoms with Crippen LogP contribution in [0.25, 0.3) is 11.5 Å². The minimum atomic E-state index is 0.308. The van der Waals surface area contributed by atoms with Crippen molar-refractivity contribution in [2.24, 2.45) is 0 Å². The second-order valence-corrected chi connectivity index (χ2v) is 6.37. The number of benzene rings is 2. The third kappa shape index (κ3) is 7.29. The third-order valence-corrected chi connectivity index (χ3v) is 4.47. The third-order valence-electron chi connectivity index (χ3n) is 4.47. The Morgan fingerprint density at radius 2 is 1.37 bits per heavy atom. The Bertz CT molecular complexity index is 778. The molecule has 3 heteroatoms. The first-order valence-electron chi connectivity index (χ1n) is 11.3. The summed E-state index contributed by atoms with van der Waals surface area (Å²) in [4.78, 5) is 0. The molecule has 164 valence electrons. The van der Waals surface area contributed by atoms with E-state index in [0.717, 1.165) is 47.6 Å². The van der Waals surface area contributed by atoms with Gasteiger partial charge in [-0.25, -0.2) is 0 Å². The summed E-state index contributed by atoms with van der Waals surface area (Å²) in [6.45, 7) is 12.6. The number of rotatable bonds is 7. The van der Waals surface area contributed by atoms with Crippen molar-refractivity contribution in [1.29, 1.82) is 0 Å². The molecule has 30 heavy (non-hydrogen) atoms. The molecule has 2 aromatic rings. The fourth-order valence-corrected chi connectivity index (χ4v) is 2.91. The maximum absolute atomic E-state index is 9.98. The van der Waals surface area contributed by atoms with E-state index < -0.39 is 0 Å². The van der Waals surface area contributed by atoms with Crippen LogP contribution in [-0.4, -0.2) is 11.7 Å². The van der Waals surface area contributed by atoms with Crippen molar-refractivity contribution in [3.05, 3.63) is 71.3 Å². The molecule has 1 fully saturated rings. The number of aliphatic hydroxyl groups excluding tert-OH is 1. The molecule has 0 aliphatic heterocycles. The number of hydrogen-bond donors (Lipinski definition) is 1. The molecule has 1 N–H and O–H groups in total. The van der Waals surface area contributed by atoms with Crippen LogP contribution in [0.5, 0.6) is 11.5 Å². The fraction of sp³-hybridized carbons (Fsp3) is 0.407. The standard InChI is InChI=1S/C23H26O3.2C2H6/c1-3-6-22(24)17-9-15-21(16-10-17)26-23(18-7-5-8-18)19-11-13-20(14-12-19)25-4-2;2*1-2/h6,9-16,24H,3-5,7-8H2,1-2H3;2*1-2H3/b22-6+;;. The van der Waals surface area contributed by atoms with Gasteiger partial charge in [-0.05, 0) is 92.8 Å². The van der Waals surface area contributed by atoms with Crippen LogP contribution < -0.4 is 9.47 Å². The second kappa shape index (κ2) is 14.3. The molecule has 1 aliphatic rings. The Kier molecular flexibility index (Phi) is 12.1. The molecule has 1 saturated carbocycles. The van der Waals surface area contributed by atoms with Crippen molar-refractivity contribution < 1.29 is 14.6 Å². The highest BCUT2D eigenvalue weighted by molar-refractivity contribution is 5.67. The molecule has 0 bridgehead atoms. The van der Waals surface area contributed by atoms with Gasteiger partial charge in [0.1, 0.15) is 23.0 Å². The van der Waals surface area contributed by atoms with E-state index >= 15 is 0 Å². The number of hydrogen-bond acceptors (Lipinski definition) is 3. The van der Waals surface area contributed by atoms with Gasteiger partial charge in [0.05, 0.1) is 6.61 Å². The van der Waals surface area contributed by atoms with Gasteiger partial charge >= 0.3 is 0 Å². The zero-order valence-corrected chi connectivity index (χ0v) is 19.5. The van der Waals surface area contributed by atoms with E-state index in [0.29, 0.717) is 12.4 Å². The predicted molar refractivity (Wildman–Crippen MR) is 129 cm³/mol. The van der Waals surface area contributed by atoms with Crippen LogP contribution in [0.1, 0.15) is 78.4 Å². The molecule has 0 unspecified atom stereocenters. The lowest BCUT2D eigenvalue weighted by molar-refractivity contribution is 0.340. The van der Waals surface area contributed by atoms with E-state index in [1.165, 1.54) is 12.0 Å². The highest BCUT2D eigenvalue weighted by Crippen LogP contribution is 2.35. The van der Waals surface area contributed by atoms with Crippen molar-refractivity contribution in [3.63, 3.8) is 0 Å². The number of allylic oxidation sites excluding steroid dienone is 2. The van der Waals surface area contributed by atoms with E-state index in [-0.39, 0.29) is 0 Å². The molecular formula is C27H38O3. The van der Waals surface area contributed by atoms with Crippen molar-refractivity contribution in [2.75, 3.05) is 6.61 Å². The highest BCUT2D eigenvalue weighted by Gasteiger charge is 2.18. The van der Waals surface area contributed by atoms with Crippen LogP contribution in [0.2, 0.25) is 0 Å². The monoisotopic (exact) mass is 410 g/mol. The summed E-state index contributed by atoms with van der Waals surface area (Å²) in [5, 5.41) is 9.98. The molecule has 3 nitrogen and oxygen atoms in total. The van der Waals surface area contributed by atoms with Gasteiger partial charge in [0.2, 0.25) is 0 Å². The van der Waals surface area contributed by atoms with Gasteiger partial charge in [-0.1, -0.05) is 34.6 Å². The molecular weight excluding hydrogens is 372 g/mol. The number of aliphatic hydroxyl groups is 1. The van der Waals surface area contributed by atoms with Crippen LogP contribution in [0.3, 0.4) is 0 Å². The molecule has 3 rings (SSSR count). The van der Waals surface area contributed by atoms with Crippen LogP contribution in [0, 0.1) is 0 Å². The molecule has 0 saturated heterocycles. The first kappa shape index (κ1) is 25.4. The normalized spacial score (nSPS) is 12.5. The molecule has 0 aromatic heterocycles. The van der Waals surface area contributed by atoms with Crippen molar-refractivity contribution in [2.45, 2.75) is 67.2 Å². The van der Waals surface area contributed by atoms with Crippen LogP contribution in [-0.2, 0) is 0 Å². The summed E-state index contributed by atoms with van der Waals surface area (Å²) < 4.78 is 11.8. The van der Waals surface area contributed by atoms with Gasteiger partial charge in [0.25, 0.3) is 0 Å². The summed E-state index contributed by atoms with van der Waals surface area (Å²) >= 11 is 0. The first-order valence-corrected chi connectivity index (χ1v) is 11.3. The zero-order valence-electron chi connectivity index (χ0n) is 19.5. The Balaban J connectivity index is 0.00000106. The smallest absolute Gasteiger partial charge is 0.133 e. The Labute approximate surface area is 183 Å². The Morgan fingerprint density at radius 1 is 0.833 bits per heavy atom. The lowest BCUT2D eigenvalue weighted by Crippen LogP contribution is -2.06. The van der Waals surface area contributed by atoms with Crippen LogP contribution in [0.4, 0.5) is 0 Å². The Hall–Kier alpha value is -2.68. The average molecular weight is 411 g/mol. The SMILES string of the molecule is CC.CC.CC/C=C(/O)c1ccc(OC(=C2CCC2)c2ccc(OCC)cc2)cc1. The molecule has 2 aromatic carbocycles. The van der Waals surface area contributed by atoms with Crippen molar-refractivity contribution in [1.82, 2.24) is 0 Å².